The first kappa shape index (κ1) is 17.6. The van der Waals surface area contributed by atoms with Gasteiger partial charge in [0.1, 0.15) is 0 Å². The Kier molecular flexibility index (Phi) is 6.33. The van der Waals surface area contributed by atoms with Crippen molar-refractivity contribution in [3.63, 3.8) is 0 Å². The summed E-state index contributed by atoms with van der Waals surface area (Å²) >= 11 is 1.61. The number of carboxylic acid groups (broad SMARTS) is 1. The summed E-state index contributed by atoms with van der Waals surface area (Å²) in [6.07, 6.45) is 1.81. The van der Waals surface area contributed by atoms with Gasteiger partial charge in [0.25, 0.3) is 0 Å². The van der Waals surface area contributed by atoms with E-state index in [0.29, 0.717) is 6.42 Å². The molecule has 21 heavy (non-hydrogen) atoms. The molecule has 0 aromatic carbocycles. The maximum Gasteiger partial charge on any atom is 0.305 e. The maximum absolute atomic E-state index is 12.0. The van der Waals surface area contributed by atoms with Crippen LogP contribution in [0.5, 0.6) is 0 Å². The molecule has 0 saturated heterocycles. The van der Waals surface area contributed by atoms with Gasteiger partial charge in [0.2, 0.25) is 5.91 Å². The molecule has 5 nitrogen and oxygen atoms in total. The molecule has 0 radical (unpaired) electrons. The molecule has 1 aromatic rings. The average Bonchev–Trinajstić information content (AvgIpc) is 2.73. The predicted molar refractivity (Wildman–Crippen MR) is 83.4 cm³/mol. The van der Waals surface area contributed by atoms with Crippen LogP contribution in [0.4, 0.5) is 0 Å². The molecule has 1 aromatic heterocycles. The first-order valence-corrected chi connectivity index (χ1v) is 8.04. The molecule has 0 aliphatic rings. The molecule has 118 valence electrons. The number of rotatable bonds is 8. The van der Waals surface area contributed by atoms with E-state index in [0.717, 1.165) is 23.5 Å². The Morgan fingerprint density at radius 2 is 2.14 bits per heavy atom. The van der Waals surface area contributed by atoms with Gasteiger partial charge in [-0.05, 0) is 32.6 Å². The minimum atomic E-state index is -0.899. The fourth-order valence-electron chi connectivity index (χ4n) is 2.04. The van der Waals surface area contributed by atoms with Gasteiger partial charge in [-0.3, -0.25) is 9.59 Å². The van der Waals surface area contributed by atoms with Gasteiger partial charge in [-0.1, -0.05) is 13.8 Å². The second-order valence-corrected chi connectivity index (χ2v) is 6.96. The van der Waals surface area contributed by atoms with E-state index >= 15 is 0 Å². The Bertz CT molecular complexity index is 499. The lowest BCUT2D eigenvalue weighted by molar-refractivity contribution is -0.139. The summed E-state index contributed by atoms with van der Waals surface area (Å²) in [5, 5.41) is 14.9. The summed E-state index contributed by atoms with van der Waals surface area (Å²) < 4.78 is 0. The number of hydrogen-bond donors (Lipinski definition) is 2. The van der Waals surface area contributed by atoms with E-state index in [9.17, 15) is 9.59 Å². The van der Waals surface area contributed by atoms with Crippen LogP contribution in [-0.2, 0) is 16.0 Å². The van der Waals surface area contributed by atoms with Crippen molar-refractivity contribution in [3.05, 3.63) is 16.1 Å². The van der Waals surface area contributed by atoms with Gasteiger partial charge in [-0.15, -0.1) is 11.3 Å². The largest absolute Gasteiger partial charge is 0.481 e. The number of carbonyl (C=O) groups is 2. The molecule has 6 heteroatoms. The molecule has 0 aliphatic heterocycles. The first-order valence-electron chi connectivity index (χ1n) is 7.17. The molecule has 1 rings (SSSR count). The minimum Gasteiger partial charge on any atom is -0.481 e. The molecule has 1 heterocycles. The lowest BCUT2D eigenvalue weighted by atomic mass is 9.85. The highest BCUT2D eigenvalue weighted by Crippen LogP contribution is 2.21. The van der Waals surface area contributed by atoms with Gasteiger partial charge in [-0.25, -0.2) is 4.98 Å². The Balaban J connectivity index is 2.45. The monoisotopic (exact) mass is 312 g/mol. The Labute approximate surface area is 129 Å². The second-order valence-electron chi connectivity index (χ2n) is 5.90. The van der Waals surface area contributed by atoms with Gasteiger partial charge in [0.15, 0.2) is 0 Å². The van der Waals surface area contributed by atoms with Crippen molar-refractivity contribution in [1.29, 1.82) is 0 Å². The summed E-state index contributed by atoms with van der Waals surface area (Å²) in [6, 6.07) is 0. The summed E-state index contributed by atoms with van der Waals surface area (Å²) in [4.78, 5) is 27.3. The summed E-state index contributed by atoms with van der Waals surface area (Å²) in [5.74, 6) is -0.942. The third-order valence-corrected chi connectivity index (χ3v) is 4.54. The first-order chi connectivity index (χ1) is 9.73. The third kappa shape index (κ3) is 5.83. The number of hydrogen-bond acceptors (Lipinski definition) is 4. The van der Waals surface area contributed by atoms with Gasteiger partial charge in [0.05, 0.1) is 17.1 Å². The molecule has 0 fully saturated rings. The van der Waals surface area contributed by atoms with E-state index in [4.69, 9.17) is 5.11 Å². The second kappa shape index (κ2) is 7.54. The quantitative estimate of drug-likeness (QED) is 0.773. The number of nitrogens with one attached hydrogen (secondary N) is 1. The standard InChI is InChI=1S/C15H24N2O3S/c1-10(2)15(4,8-14(19)20)17-13(18)7-5-6-12-9-21-11(3)16-12/h9-10H,5-8H2,1-4H3,(H,17,18)(H,19,20). The minimum absolute atomic E-state index is 0.0544. The number of aliphatic carboxylic acids is 1. The summed E-state index contributed by atoms with van der Waals surface area (Å²) in [7, 11) is 0. The van der Waals surface area contributed by atoms with Crippen molar-refractivity contribution >= 4 is 23.2 Å². The van der Waals surface area contributed by atoms with Crippen LogP contribution >= 0.6 is 11.3 Å². The topological polar surface area (TPSA) is 79.3 Å². The number of amides is 1. The fraction of sp³-hybridized carbons (Fsp3) is 0.667. The zero-order valence-electron chi connectivity index (χ0n) is 13.1. The van der Waals surface area contributed by atoms with E-state index in [1.807, 2.05) is 26.2 Å². The van der Waals surface area contributed by atoms with Crippen LogP contribution in [0.1, 0.15) is 50.7 Å². The smallest absolute Gasteiger partial charge is 0.305 e. The van der Waals surface area contributed by atoms with Crippen LogP contribution in [0.3, 0.4) is 0 Å². The average molecular weight is 312 g/mol. The number of carbonyl (C=O) groups excluding carboxylic acids is 1. The lowest BCUT2D eigenvalue weighted by Crippen LogP contribution is -2.51. The molecular formula is C15H24N2O3S. The zero-order chi connectivity index (χ0) is 16.0. The number of nitrogens with zero attached hydrogens (tertiary/aromatic N) is 1. The summed E-state index contributed by atoms with van der Waals surface area (Å²) in [6.45, 7) is 7.58. The Morgan fingerprint density at radius 1 is 1.48 bits per heavy atom. The third-order valence-electron chi connectivity index (χ3n) is 3.72. The van der Waals surface area contributed by atoms with Crippen molar-refractivity contribution in [3.8, 4) is 0 Å². The normalized spacial score (nSPS) is 14.0. The maximum atomic E-state index is 12.0. The Morgan fingerprint density at radius 3 is 2.62 bits per heavy atom. The van der Waals surface area contributed by atoms with E-state index in [1.54, 1.807) is 18.3 Å². The van der Waals surface area contributed by atoms with Crippen molar-refractivity contribution in [2.24, 2.45) is 5.92 Å². The molecule has 1 atom stereocenters. The van der Waals surface area contributed by atoms with Crippen molar-refractivity contribution in [2.45, 2.75) is 58.9 Å². The van der Waals surface area contributed by atoms with E-state index < -0.39 is 11.5 Å². The SMILES string of the molecule is Cc1nc(CCCC(=O)NC(C)(CC(=O)O)C(C)C)cs1. The van der Waals surface area contributed by atoms with Crippen LogP contribution in [0, 0.1) is 12.8 Å². The number of aromatic nitrogens is 1. The van der Waals surface area contributed by atoms with Crippen molar-refractivity contribution in [2.75, 3.05) is 0 Å². The van der Waals surface area contributed by atoms with Gasteiger partial charge in [-0.2, -0.15) is 0 Å². The molecule has 1 unspecified atom stereocenters. The van der Waals surface area contributed by atoms with E-state index in [1.165, 1.54) is 0 Å². The number of thiazole rings is 1. The zero-order valence-corrected chi connectivity index (χ0v) is 13.9. The van der Waals surface area contributed by atoms with Gasteiger partial charge in [0, 0.05) is 17.3 Å². The van der Waals surface area contributed by atoms with Crippen molar-refractivity contribution < 1.29 is 14.7 Å². The van der Waals surface area contributed by atoms with Crippen LogP contribution in [0.2, 0.25) is 0 Å². The molecule has 2 N–H and O–H groups in total. The molecule has 0 bridgehead atoms. The number of carboxylic acids is 1. The highest BCUT2D eigenvalue weighted by Gasteiger charge is 2.32. The van der Waals surface area contributed by atoms with Gasteiger partial charge >= 0.3 is 5.97 Å². The molecule has 0 spiro atoms. The molecular weight excluding hydrogens is 288 g/mol. The van der Waals surface area contributed by atoms with E-state index in [2.05, 4.69) is 10.3 Å². The van der Waals surface area contributed by atoms with E-state index in [-0.39, 0.29) is 18.2 Å². The highest BCUT2D eigenvalue weighted by molar-refractivity contribution is 7.09. The Hall–Kier alpha value is -1.43. The van der Waals surface area contributed by atoms with Gasteiger partial charge < -0.3 is 10.4 Å². The van der Waals surface area contributed by atoms with Crippen LogP contribution < -0.4 is 5.32 Å². The van der Waals surface area contributed by atoms with Crippen LogP contribution in [0.25, 0.3) is 0 Å². The molecule has 1 amide bonds. The van der Waals surface area contributed by atoms with Crippen molar-refractivity contribution in [1.82, 2.24) is 10.3 Å². The predicted octanol–water partition coefficient (Wildman–Crippen LogP) is 2.78. The fourth-order valence-corrected chi connectivity index (χ4v) is 2.69. The summed E-state index contributed by atoms with van der Waals surface area (Å²) in [5.41, 5.74) is 0.308. The van der Waals surface area contributed by atoms with Crippen LogP contribution in [0.15, 0.2) is 5.38 Å². The number of aryl methyl sites for hydroxylation is 2. The lowest BCUT2D eigenvalue weighted by Gasteiger charge is -2.33. The molecule has 0 saturated carbocycles. The highest BCUT2D eigenvalue weighted by atomic mass is 32.1. The van der Waals surface area contributed by atoms with Crippen LogP contribution in [-0.4, -0.2) is 27.5 Å². The molecule has 0 aliphatic carbocycles.